The zero-order valence-electron chi connectivity index (χ0n) is 12.1. The summed E-state index contributed by atoms with van der Waals surface area (Å²) in [7, 11) is 1.63. The van der Waals surface area contributed by atoms with Gasteiger partial charge in [-0.25, -0.2) is 0 Å². The molecule has 0 aliphatic heterocycles. The molecule has 0 radical (unpaired) electrons. The molecule has 116 valence electrons. The van der Waals surface area contributed by atoms with Crippen LogP contribution in [0.4, 0.5) is 0 Å². The van der Waals surface area contributed by atoms with Gasteiger partial charge in [0.2, 0.25) is 0 Å². The van der Waals surface area contributed by atoms with Gasteiger partial charge in [0.1, 0.15) is 5.69 Å². The molecule has 8 heteroatoms. The highest BCUT2D eigenvalue weighted by molar-refractivity contribution is 7.80. The van der Waals surface area contributed by atoms with E-state index in [4.69, 9.17) is 23.8 Å². The van der Waals surface area contributed by atoms with E-state index in [2.05, 4.69) is 21.3 Å². The van der Waals surface area contributed by atoms with E-state index in [0.717, 1.165) is 5.56 Å². The molecule has 2 rings (SSSR count). The lowest BCUT2D eigenvalue weighted by Crippen LogP contribution is -2.47. The Hall–Kier alpha value is -2.12. The number of nitrogens with one attached hydrogen (secondary N) is 3. The quantitative estimate of drug-likeness (QED) is 0.590. The van der Waals surface area contributed by atoms with Gasteiger partial charge in [-0.1, -0.05) is 41.9 Å². The van der Waals surface area contributed by atoms with Crippen LogP contribution in [0.3, 0.4) is 0 Å². The summed E-state index contributed by atoms with van der Waals surface area (Å²) >= 11 is 11.1. The number of nitrogens with zero attached hydrogens (tertiary/aromatic N) is 2. The first-order valence-electron chi connectivity index (χ1n) is 6.58. The molecule has 0 aliphatic rings. The lowest BCUT2D eigenvalue weighted by molar-refractivity contribution is 0.0934. The first kappa shape index (κ1) is 16.3. The van der Waals surface area contributed by atoms with Crippen LogP contribution in [0, 0.1) is 0 Å². The van der Waals surface area contributed by atoms with Gasteiger partial charge in [0.15, 0.2) is 5.11 Å². The highest BCUT2D eigenvalue weighted by atomic mass is 35.5. The van der Waals surface area contributed by atoms with Gasteiger partial charge in [-0.05, 0) is 24.7 Å². The molecule has 1 amide bonds. The molecule has 1 aromatic carbocycles. The Kier molecular flexibility index (Phi) is 5.35. The second-order valence-electron chi connectivity index (χ2n) is 4.65. The van der Waals surface area contributed by atoms with Crippen LogP contribution >= 0.6 is 23.8 Å². The molecule has 1 heterocycles. The molecular formula is C14H16ClN5OS. The number of carbonyl (C=O) groups is 1. The van der Waals surface area contributed by atoms with Crippen molar-refractivity contribution in [2.75, 3.05) is 0 Å². The SMILES string of the molecule is C[C@@H](NC(=S)NNC(=O)c1c(Cl)cnn1C)c1ccccc1. The maximum atomic E-state index is 12.0. The van der Waals surface area contributed by atoms with Gasteiger partial charge < -0.3 is 5.32 Å². The van der Waals surface area contributed by atoms with Gasteiger partial charge >= 0.3 is 0 Å². The van der Waals surface area contributed by atoms with Crippen LogP contribution in [0.25, 0.3) is 0 Å². The van der Waals surface area contributed by atoms with Crippen LogP contribution in [0.15, 0.2) is 36.5 Å². The summed E-state index contributed by atoms with van der Waals surface area (Å²) < 4.78 is 1.39. The zero-order chi connectivity index (χ0) is 16.1. The Balaban J connectivity index is 1.87. The molecule has 0 spiro atoms. The third kappa shape index (κ3) is 3.96. The normalized spacial score (nSPS) is 11.6. The molecule has 0 bridgehead atoms. The van der Waals surface area contributed by atoms with Crippen LogP contribution in [0.5, 0.6) is 0 Å². The van der Waals surface area contributed by atoms with Crippen LogP contribution < -0.4 is 16.2 Å². The van der Waals surface area contributed by atoms with Crippen molar-refractivity contribution in [1.82, 2.24) is 25.9 Å². The summed E-state index contributed by atoms with van der Waals surface area (Å²) in [5.41, 5.74) is 6.48. The average Bonchev–Trinajstić information content (AvgIpc) is 2.85. The summed E-state index contributed by atoms with van der Waals surface area (Å²) in [5.74, 6) is -0.415. The van der Waals surface area contributed by atoms with Crippen molar-refractivity contribution in [3.05, 3.63) is 52.8 Å². The number of aromatic nitrogens is 2. The van der Waals surface area contributed by atoms with Crippen LogP contribution in [-0.2, 0) is 7.05 Å². The molecule has 2 aromatic rings. The van der Waals surface area contributed by atoms with Gasteiger partial charge in [-0.2, -0.15) is 5.10 Å². The van der Waals surface area contributed by atoms with Crippen LogP contribution in [0.1, 0.15) is 29.0 Å². The second kappa shape index (κ2) is 7.24. The summed E-state index contributed by atoms with van der Waals surface area (Å²) in [6.07, 6.45) is 1.41. The fraction of sp³-hybridized carbons (Fsp3) is 0.214. The van der Waals surface area contributed by atoms with E-state index in [-0.39, 0.29) is 16.8 Å². The van der Waals surface area contributed by atoms with Gasteiger partial charge in [0.25, 0.3) is 5.91 Å². The van der Waals surface area contributed by atoms with E-state index >= 15 is 0 Å². The zero-order valence-corrected chi connectivity index (χ0v) is 13.7. The van der Waals surface area contributed by atoms with Gasteiger partial charge in [0, 0.05) is 7.05 Å². The Morgan fingerprint density at radius 3 is 2.59 bits per heavy atom. The Bertz CT molecular complexity index is 654. The number of carbonyl (C=O) groups excluding carboxylic acids is 1. The minimum atomic E-state index is -0.415. The highest BCUT2D eigenvalue weighted by Crippen LogP contribution is 2.13. The smallest absolute Gasteiger partial charge is 0.289 e. The Morgan fingerprint density at radius 2 is 2.00 bits per heavy atom. The van der Waals surface area contributed by atoms with Gasteiger partial charge in [-0.3, -0.25) is 20.3 Å². The summed E-state index contributed by atoms with van der Waals surface area (Å²) in [4.78, 5) is 12.0. The molecule has 0 aliphatic carbocycles. The minimum absolute atomic E-state index is 0.0124. The molecular weight excluding hydrogens is 322 g/mol. The number of hydrazine groups is 1. The molecule has 1 aromatic heterocycles. The number of hydrogen-bond donors (Lipinski definition) is 3. The largest absolute Gasteiger partial charge is 0.355 e. The van der Waals surface area contributed by atoms with E-state index in [1.807, 2.05) is 37.3 Å². The van der Waals surface area contributed by atoms with Crippen molar-refractivity contribution in [3.63, 3.8) is 0 Å². The topological polar surface area (TPSA) is 71.0 Å². The van der Waals surface area contributed by atoms with Crippen molar-refractivity contribution in [2.24, 2.45) is 7.05 Å². The Labute approximate surface area is 138 Å². The van der Waals surface area contributed by atoms with Crippen LogP contribution in [-0.4, -0.2) is 20.8 Å². The lowest BCUT2D eigenvalue weighted by atomic mass is 10.1. The maximum absolute atomic E-state index is 12.0. The predicted molar refractivity (Wildman–Crippen MR) is 89.4 cm³/mol. The van der Waals surface area contributed by atoms with Crippen molar-refractivity contribution in [3.8, 4) is 0 Å². The molecule has 22 heavy (non-hydrogen) atoms. The molecule has 0 unspecified atom stereocenters. The lowest BCUT2D eigenvalue weighted by Gasteiger charge is -2.17. The van der Waals surface area contributed by atoms with Gasteiger partial charge in [-0.15, -0.1) is 0 Å². The van der Waals surface area contributed by atoms with Crippen LogP contribution in [0.2, 0.25) is 5.02 Å². The summed E-state index contributed by atoms with van der Waals surface area (Å²) in [6, 6.07) is 9.86. The standard InChI is InChI=1S/C14H16ClN5OS/c1-9(10-6-4-3-5-7-10)17-14(22)19-18-13(21)12-11(15)8-16-20(12)2/h3-9H,1-2H3,(H,18,21)(H2,17,19,22)/t9-/m1/s1. The molecule has 6 nitrogen and oxygen atoms in total. The first-order chi connectivity index (χ1) is 10.5. The minimum Gasteiger partial charge on any atom is -0.355 e. The number of aryl methyl sites for hydroxylation is 1. The number of rotatable bonds is 3. The highest BCUT2D eigenvalue weighted by Gasteiger charge is 2.15. The first-order valence-corrected chi connectivity index (χ1v) is 7.37. The second-order valence-corrected chi connectivity index (χ2v) is 5.47. The van der Waals surface area contributed by atoms with E-state index in [0.29, 0.717) is 5.11 Å². The van der Waals surface area contributed by atoms with Crippen molar-refractivity contribution >= 4 is 34.8 Å². The number of hydrogen-bond acceptors (Lipinski definition) is 3. The molecule has 0 saturated carbocycles. The molecule has 1 atom stereocenters. The molecule has 0 fully saturated rings. The van der Waals surface area contributed by atoms with E-state index in [1.165, 1.54) is 10.9 Å². The summed E-state index contributed by atoms with van der Waals surface area (Å²) in [5, 5.41) is 7.56. The molecule has 3 N–H and O–H groups in total. The number of amides is 1. The Morgan fingerprint density at radius 1 is 1.32 bits per heavy atom. The average molecular weight is 338 g/mol. The number of benzene rings is 1. The van der Waals surface area contributed by atoms with Gasteiger partial charge in [0.05, 0.1) is 17.3 Å². The van der Waals surface area contributed by atoms with E-state index in [9.17, 15) is 4.79 Å². The fourth-order valence-electron chi connectivity index (χ4n) is 1.90. The maximum Gasteiger partial charge on any atom is 0.289 e. The fourth-order valence-corrected chi connectivity index (χ4v) is 2.38. The van der Waals surface area contributed by atoms with Crippen molar-refractivity contribution in [2.45, 2.75) is 13.0 Å². The third-order valence-electron chi connectivity index (χ3n) is 3.05. The van der Waals surface area contributed by atoms with Crippen molar-refractivity contribution in [1.29, 1.82) is 0 Å². The monoisotopic (exact) mass is 337 g/mol. The molecule has 0 saturated heterocycles. The van der Waals surface area contributed by atoms with E-state index in [1.54, 1.807) is 7.05 Å². The van der Waals surface area contributed by atoms with E-state index < -0.39 is 5.91 Å². The third-order valence-corrected chi connectivity index (χ3v) is 3.54. The predicted octanol–water partition coefficient (Wildman–Crippen LogP) is 1.94. The van der Waals surface area contributed by atoms with Crippen molar-refractivity contribution < 1.29 is 4.79 Å². The number of halogens is 1. The summed E-state index contributed by atoms with van der Waals surface area (Å²) in [6.45, 7) is 1.98. The number of thiocarbonyl (C=S) groups is 1.